The monoisotopic (exact) mass is 497 g/mol. The minimum atomic E-state index is -0.0662. The Morgan fingerprint density at radius 3 is 2.39 bits per heavy atom. The number of carbonyl (C=O) groups excluding carboxylic acids is 2. The summed E-state index contributed by atoms with van der Waals surface area (Å²) in [6.07, 6.45) is 13.8. The number of hydrogen-bond donors (Lipinski definition) is 1. The van der Waals surface area contributed by atoms with Gasteiger partial charge in [-0.1, -0.05) is 19.4 Å². The Hall–Kier alpha value is -2.54. The van der Waals surface area contributed by atoms with Gasteiger partial charge >= 0.3 is 0 Å². The summed E-state index contributed by atoms with van der Waals surface area (Å²) >= 11 is 0. The van der Waals surface area contributed by atoms with Crippen LogP contribution in [-0.4, -0.2) is 73.6 Å². The molecule has 198 valence electrons. The molecule has 0 bridgehead atoms. The van der Waals surface area contributed by atoms with Crippen LogP contribution in [0.15, 0.2) is 24.3 Å². The van der Waals surface area contributed by atoms with Crippen LogP contribution in [0.1, 0.15) is 70.3 Å². The number of hydrogen-bond acceptors (Lipinski definition) is 5. The smallest absolute Gasteiger partial charge is 0.260 e. The van der Waals surface area contributed by atoms with E-state index in [-0.39, 0.29) is 24.5 Å². The third kappa shape index (κ3) is 7.48. The van der Waals surface area contributed by atoms with Gasteiger partial charge in [0.05, 0.1) is 7.11 Å². The Bertz CT molecular complexity index is 896. The molecule has 7 heteroatoms. The molecule has 1 aromatic rings. The molecule has 0 unspecified atom stereocenters. The van der Waals surface area contributed by atoms with E-state index in [1.54, 1.807) is 25.3 Å². The third-order valence-corrected chi connectivity index (χ3v) is 8.05. The molecule has 4 rings (SSSR count). The fraction of sp³-hybridized carbons (Fsp3) is 0.655. The summed E-state index contributed by atoms with van der Waals surface area (Å²) in [6, 6.07) is 6.39. The molecule has 1 aliphatic carbocycles. The summed E-state index contributed by atoms with van der Waals surface area (Å²) in [5, 5.41) is 3.11. The van der Waals surface area contributed by atoms with Crippen molar-refractivity contribution in [3.05, 3.63) is 29.8 Å². The number of carbonyl (C=O) groups is 2. The molecule has 36 heavy (non-hydrogen) atoms. The van der Waals surface area contributed by atoms with Crippen LogP contribution < -0.4 is 14.8 Å². The number of methoxy groups -OCH3 is 1. The molecule has 0 atom stereocenters. The minimum absolute atomic E-state index is 0.00232. The Balaban J connectivity index is 1.23. The van der Waals surface area contributed by atoms with E-state index in [2.05, 4.69) is 17.1 Å². The summed E-state index contributed by atoms with van der Waals surface area (Å²) in [5.41, 5.74) is 0.845. The van der Waals surface area contributed by atoms with Crippen molar-refractivity contribution in [3.8, 4) is 11.5 Å². The molecule has 0 aromatic heterocycles. The predicted molar refractivity (Wildman–Crippen MR) is 142 cm³/mol. The first-order valence-electron chi connectivity index (χ1n) is 13.8. The van der Waals surface area contributed by atoms with E-state index in [4.69, 9.17) is 9.47 Å². The lowest BCUT2D eigenvalue weighted by Crippen LogP contribution is -2.49. The highest BCUT2D eigenvalue weighted by Gasteiger charge is 2.28. The number of amides is 2. The van der Waals surface area contributed by atoms with E-state index in [0.717, 1.165) is 50.3 Å². The number of likely N-dealkylation sites (tertiary alicyclic amines) is 2. The molecule has 1 aromatic carbocycles. The molecule has 0 radical (unpaired) electrons. The highest BCUT2D eigenvalue weighted by molar-refractivity contribution is 5.92. The summed E-state index contributed by atoms with van der Waals surface area (Å²) < 4.78 is 11.3. The fourth-order valence-electron chi connectivity index (χ4n) is 5.73. The van der Waals surface area contributed by atoms with Gasteiger partial charge in [-0.15, -0.1) is 0 Å². The first-order chi connectivity index (χ1) is 17.5. The minimum Gasteiger partial charge on any atom is -0.493 e. The van der Waals surface area contributed by atoms with Gasteiger partial charge in [-0.05, 0) is 94.1 Å². The van der Waals surface area contributed by atoms with E-state index in [1.165, 1.54) is 45.2 Å². The largest absolute Gasteiger partial charge is 0.493 e. The highest BCUT2D eigenvalue weighted by atomic mass is 16.5. The van der Waals surface area contributed by atoms with Crippen molar-refractivity contribution < 1.29 is 19.1 Å². The van der Waals surface area contributed by atoms with Crippen molar-refractivity contribution in [1.82, 2.24) is 15.1 Å². The van der Waals surface area contributed by atoms with Crippen molar-refractivity contribution in [1.29, 1.82) is 0 Å². The molecule has 1 saturated carbocycles. The van der Waals surface area contributed by atoms with Gasteiger partial charge in [0.1, 0.15) is 0 Å². The zero-order valence-electron chi connectivity index (χ0n) is 22.0. The van der Waals surface area contributed by atoms with Crippen molar-refractivity contribution in [2.75, 3.05) is 39.9 Å². The molecule has 2 aliphatic heterocycles. The maximum absolute atomic E-state index is 12.8. The van der Waals surface area contributed by atoms with Gasteiger partial charge in [-0.3, -0.25) is 9.59 Å². The van der Waals surface area contributed by atoms with Crippen molar-refractivity contribution in [3.63, 3.8) is 0 Å². The second-order valence-electron chi connectivity index (χ2n) is 10.7. The van der Waals surface area contributed by atoms with Crippen LogP contribution in [0.2, 0.25) is 0 Å². The summed E-state index contributed by atoms with van der Waals surface area (Å²) in [7, 11) is 1.58. The average Bonchev–Trinajstić information content (AvgIpc) is 2.92. The third-order valence-electron chi connectivity index (χ3n) is 8.05. The van der Waals surface area contributed by atoms with Crippen LogP contribution in [0.3, 0.4) is 0 Å². The predicted octanol–water partition coefficient (Wildman–Crippen LogP) is 4.26. The lowest BCUT2D eigenvalue weighted by molar-refractivity contribution is -0.135. The second kappa shape index (κ2) is 13.1. The van der Waals surface area contributed by atoms with Crippen LogP contribution in [0.25, 0.3) is 6.08 Å². The fourth-order valence-corrected chi connectivity index (χ4v) is 5.73. The van der Waals surface area contributed by atoms with Crippen molar-refractivity contribution in [2.24, 2.45) is 5.92 Å². The van der Waals surface area contributed by atoms with Crippen LogP contribution in [-0.2, 0) is 9.59 Å². The first-order valence-corrected chi connectivity index (χ1v) is 13.8. The van der Waals surface area contributed by atoms with Gasteiger partial charge in [-0.25, -0.2) is 0 Å². The Labute approximate surface area is 216 Å². The van der Waals surface area contributed by atoms with Gasteiger partial charge < -0.3 is 24.6 Å². The summed E-state index contributed by atoms with van der Waals surface area (Å²) in [4.78, 5) is 29.6. The number of benzene rings is 1. The number of piperidine rings is 2. The quantitative estimate of drug-likeness (QED) is 0.544. The Morgan fingerprint density at radius 2 is 1.69 bits per heavy atom. The molecule has 3 fully saturated rings. The van der Waals surface area contributed by atoms with Gasteiger partial charge in [-0.2, -0.15) is 0 Å². The highest BCUT2D eigenvalue weighted by Crippen LogP contribution is 2.29. The normalized spacial score (nSPS) is 24.0. The standard InChI is InChI=1S/C29H43N3O4/c1-22-6-10-24(11-7-22)30-28(33)13-9-23-8-12-26(27(20-23)35-2)36-21-29(34)32-18-14-25(15-19-32)31-16-4-3-5-17-31/h8-9,12-13,20,22,24-25H,3-7,10-11,14-19,21H2,1-2H3,(H,30,33)/b13-9+/t22-,24-. The summed E-state index contributed by atoms with van der Waals surface area (Å²) in [5.74, 6) is 1.80. The molecule has 1 N–H and O–H groups in total. The second-order valence-corrected chi connectivity index (χ2v) is 10.7. The summed E-state index contributed by atoms with van der Waals surface area (Å²) in [6.45, 7) is 6.28. The lowest BCUT2D eigenvalue weighted by atomic mass is 9.87. The van der Waals surface area contributed by atoms with Crippen LogP contribution in [0.5, 0.6) is 11.5 Å². The molecule has 2 heterocycles. The zero-order chi connectivity index (χ0) is 25.3. The van der Waals surface area contributed by atoms with Gasteiger partial charge in [0.2, 0.25) is 5.91 Å². The van der Waals surface area contributed by atoms with Gasteiger partial charge in [0, 0.05) is 31.2 Å². The molecular weight excluding hydrogens is 454 g/mol. The molecule has 7 nitrogen and oxygen atoms in total. The molecule has 2 amide bonds. The van der Waals surface area contributed by atoms with E-state index in [0.29, 0.717) is 17.5 Å². The number of nitrogens with one attached hydrogen (secondary N) is 1. The van der Waals surface area contributed by atoms with Gasteiger partial charge in [0.25, 0.3) is 5.91 Å². The maximum Gasteiger partial charge on any atom is 0.260 e. The number of rotatable bonds is 8. The zero-order valence-corrected chi connectivity index (χ0v) is 22.0. The maximum atomic E-state index is 12.8. The molecular formula is C29H43N3O4. The first kappa shape index (κ1) is 26.5. The van der Waals surface area contributed by atoms with Crippen LogP contribution in [0.4, 0.5) is 0 Å². The van der Waals surface area contributed by atoms with E-state index >= 15 is 0 Å². The Kier molecular flexibility index (Phi) is 9.67. The Morgan fingerprint density at radius 1 is 0.972 bits per heavy atom. The lowest BCUT2D eigenvalue weighted by Gasteiger charge is -2.40. The average molecular weight is 498 g/mol. The number of ether oxygens (including phenoxy) is 2. The van der Waals surface area contributed by atoms with E-state index in [1.807, 2.05) is 17.0 Å². The van der Waals surface area contributed by atoms with Crippen molar-refractivity contribution >= 4 is 17.9 Å². The topological polar surface area (TPSA) is 71.1 Å². The number of nitrogens with zero attached hydrogens (tertiary/aromatic N) is 2. The molecule has 2 saturated heterocycles. The van der Waals surface area contributed by atoms with Crippen LogP contribution >= 0.6 is 0 Å². The van der Waals surface area contributed by atoms with E-state index < -0.39 is 0 Å². The van der Waals surface area contributed by atoms with Crippen LogP contribution in [0, 0.1) is 5.92 Å². The van der Waals surface area contributed by atoms with Crippen molar-refractivity contribution in [2.45, 2.75) is 76.8 Å². The van der Waals surface area contributed by atoms with Gasteiger partial charge in [0.15, 0.2) is 18.1 Å². The molecule has 0 spiro atoms. The van der Waals surface area contributed by atoms with E-state index in [9.17, 15) is 9.59 Å². The SMILES string of the molecule is COc1cc(/C=C/C(=O)N[C@H]2CC[C@H](C)CC2)ccc1OCC(=O)N1CCC(N2CCCCC2)CC1. The molecule has 3 aliphatic rings.